The molecule has 0 aliphatic carbocycles. The molecule has 0 bridgehead atoms. The number of carbonyl (C=O) groups is 1. The lowest BCUT2D eigenvalue weighted by Crippen LogP contribution is -2.23. The molecule has 1 aromatic heterocycles. The van der Waals surface area contributed by atoms with Crippen LogP contribution < -0.4 is 10.1 Å². The second-order valence-electron chi connectivity index (χ2n) is 6.70. The van der Waals surface area contributed by atoms with Crippen molar-refractivity contribution in [3.8, 4) is 5.75 Å². The van der Waals surface area contributed by atoms with Crippen molar-refractivity contribution < 1.29 is 13.9 Å². The lowest BCUT2D eigenvalue weighted by molar-refractivity contribution is -0.121. The second-order valence-corrected chi connectivity index (χ2v) is 6.70. The van der Waals surface area contributed by atoms with E-state index in [2.05, 4.69) is 15.5 Å². The molecule has 3 rings (SSSR count). The van der Waals surface area contributed by atoms with E-state index in [1.807, 2.05) is 55.5 Å². The third-order valence-electron chi connectivity index (χ3n) is 4.47. The number of nitrogens with zero attached hydrogens (tertiary/aromatic N) is 2. The average molecular weight is 379 g/mol. The summed E-state index contributed by atoms with van der Waals surface area (Å²) in [4.78, 5) is 12.0. The van der Waals surface area contributed by atoms with Crippen molar-refractivity contribution in [3.05, 3.63) is 77.0 Å². The maximum Gasteiger partial charge on any atom is 0.220 e. The van der Waals surface area contributed by atoms with Crippen molar-refractivity contribution in [1.29, 1.82) is 0 Å². The minimum Gasteiger partial charge on any atom is -0.497 e. The molecule has 3 aromatic rings. The Labute approximate surface area is 164 Å². The Kier molecular flexibility index (Phi) is 6.78. The molecular formula is C22H25N3O3. The van der Waals surface area contributed by atoms with Crippen LogP contribution >= 0.6 is 0 Å². The Bertz CT molecular complexity index is 886. The molecule has 0 radical (unpaired) electrons. The van der Waals surface area contributed by atoms with Crippen LogP contribution in [0.3, 0.4) is 0 Å². The summed E-state index contributed by atoms with van der Waals surface area (Å²) in [5.74, 6) is 1.89. The molecule has 0 saturated heterocycles. The maximum absolute atomic E-state index is 12.0. The Hall–Kier alpha value is -3.15. The molecule has 1 heterocycles. The Morgan fingerprint density at radius 1 is 0.929 bits per heavy atom. The molecule has 0 saturated carbocycles. The van der Waals surface area contributed by atoms with E-state index in [1.54, 1.807) is 7.11 Å². The number of ether oxygens (including phenoxy) is 1. The van der Waals surface area contributed by atoms with Crippen molar-refractivity contribution in [2.45, 2.75) is 39.2 Å². The summed E-state index contributed by atoms with van der Waals surface area (Å²) in [6.45, 7) is 2.56. The van der Waals surface area contributed by atoms with Crippen LogP contribution in [0.5, 0.6) is 5.75 Å². The predicted octanol–water partition coefficient (Wildman–Crippen LogP) is 3.42. The number of aryl methyl sites for hydroxylation is 4. The van der Waals surface area contributed by atoms with Crippen LogP contribution in [0.15, 0.2) is 52.9 Å². The number of rotatable bonds is 9. The number of hydrogen-bond acceptors (Lipinski definition) is 5. The highest BCUT2D eigenvalue weighted by molar-refractivity contribution is 5.76. The van der Waals surface area contributed by atoms with Crippen molar-refractivity contribution in [1.82, 2.24) is 15.5 Å². The van der Waals surface area contributed by atoms with Gasteiger partial charge in [0.25, 0.3) is 0 Å². The van der Waals surface area contributed by atoms with E-state index in [4.69, 9.17) is 9.15 Å². The van der Waals surface area contributed by atoms with Crippen LogP contribution in [0.25, 0.3) is 0 Å². The summed E-state index contributed by atoms with van der Waals surface area (Å²) >= 11 is 0. The van der Waals surface area contributed by atoms with Gasteiger partial charge in [-0.25, -0.2) is 0 Å². The minimum absolute atomic E-state index is 0.0291. The number of nitrogens with one attached hydrogen (secondary N) is 1. The van der Waals surface area contributed by atoms with Gasteiger partial charge in [-0.05, 0) is 36.6 Å². The topological polar surface area (TPSA) is 77.2 Å². The third-order valence-corrected chi connectivity index (χ3v) is 4.47. The fraction of sp³-hybridized carbons (Fsp3) is 0.318. The monoisotopic (exact) mass is 379 g/mol. The summed E-state index contributed by atoms with van der Waals surface area (Å²) in [6, 6.07) is 16.0. The number of hydrogen-bond donors (Lipinski definition) is 1. The quantitative estimate of drug-likeness (QED) is 0.616. The van der Waals surface area contributed by atoms with Gasteiger partial charge in [0.2, 0.25) is 17.7 Å². The highest BCUT2D eigenvalue weighted by Gasteiger charge is 2.09. The highest BCUT2D eigenvalue weighted by atomic mass is 16.5. The zero-order chi connectivity index (χ0) is 19.8. The van der Waals surface area contributed by atoms with Crippen LogP contribution in [0.4, 0.5) is 0 Å². The first kappa shape index (κ1) is 19.6. The smallest absolute Gasteiger partial charge is 0.220 e. The number of amides is 1. The first-order valence-electron chi connectivity index (χ1n) is 9.39. The summed E-state index contributed by atoms with van der Waals surface area (Å²) < 4.78 is 10.8. The van der Waals surface area contributed by atoms with Crippen molar-refractivity contribution in [2.24, 2.45) is 0 Å². The summed E-state index contributed by atoms with van der Waals surface area (Å²) in [5, 5.41) is 11.0. The SMILES string of the molecule is COc1ccc(CCc2nnc(CCC(=O)NCc3ccc(C)cc3)o2)cc1. The lowest BCUT2D eigenvalue weighted by atomic mass is 10.1. The first-order valence-corrected chi connectivity index (χ1v) is 9.39. The van der Waals surface area contributed by atoms with Gasteiger partial charge in [0.1, 0.15) is 5.75 Å². The Balaban J connectivity index is 1.39. The number of methoxy groups -OCH3 is 1. The zero-order valence-electron chi connectivity index (χ0n) is 16.3. The van der Waals surface area contributed by atoms with E-state index in [0.717, 1.165) is 17.7 Å². The fourth-order valence-electron chi connectivity index (χ4n) is 2.75. The molecule has 1 amide bonds. The van der Waals surface area contributed by atoms with E-state index in [9.17, 15) is 4.79 Å². The van der Waals surface area contributed by atoms with Gasteiger partial charge in [-0.2, -0.15) is 0 Å². The normalized spacial score (nSPS) is 10.6. The van der Waals surface area contributed by atoms with Gasteiger partial charge in [0.05, 0.1) is 7.11 Å². The molecule has 0 fully saturated rings. The standard InChI is InChI=1S/C22H25N3O3/c1-16-3-5-18(6-4-16)15-23-20(26)12-14-22-25-24-21(28-22)13-9-17-7-10-19(27-2)11-8-17/h3-8,10-11H,9,12-15H2,1-2H3,(H,23,26). The number of carbonyl (C=O) groups excluding carboxylic acids is 1. The molecular weight excluding hydrogens is 354 g/mol. The van der Waals surface area contributed by atoms with E-state index in [1.165, 1.54) is 11.1 Å². The molecule has 146 valence electrons. The predicted molar refractivity (Wildman–Crippen MR) is 106 cm³/mol. The van der Waals surface area contributed by atoms with Crippen LogP contribution in [0.1, 0.15) is 34.9 Å². The van der Waals surface area contributed by atoms with Gasteiger partial charge < -0.3 is 14.5 Å². The summed E-state index contributed by atoms with van der Waals surface area (Å²) in [5.41, 5.74) is 3.46. The van der Waals surface area contributed by atoms with Crippen molar-refractivity contribution in [2.75, 3.05) is 7.11 Å². The van der Waals surface area contributed by atoms with Gasteiger partial charge in [0, 0.05) is 25.8 Å². The zero-order valence-corrected chi connectivity index (χ0v) is 16.3. The van der Waals surface area contributed by atoms with E-state index >= 15 is 0 Å². The van der Waals surface area contributed by atoms with Crippen LogP contribution in [-0.4, -0.2) is 23.2 Å². The van der Waals surface area contributed by atoms with Crippen LogP contribution in [-0.2, 0) is 30.6 Å². The van der Waals surface area contributed by atoms with Crippen LogP contribution in [0.2, 0.25) is 0 Å². The molecule has 0 spiro atoms. The van der Waals surface area contributed by atoms with Crippen molar-refractivity contribution >= 4 is 5.91 Å². The molecule has 6 nitrogen and oxygen atoms in total. The molecule has 0 unspecified atom stereocenters. The number of aromatic nitrogens is 2. The van der Waals surface area contributed by atoms with E-state index < -0.39 is 0 Å². The van der Waals surface area contributed by atoms with Crippen LogP contribution in [0, 0.1) is 6.92 Å². The average Bonchev–Trinajstić information content (AvgIpc) is 3.18. The largest absolute Gasteiger partial charge is 0.497 e. The van der Waals surface area contributed by atoms with Gasteiger partial charge >= 0.3 is 0 Å². The lowest BCUT2D eigenvalue weighted by Gasteiger charge is -2.04. The van der Waals surface area contributed by atoms with Gasteiger partial charge in [-0.3, -0.25) is 4.79 Å². The van der Waals surface area contributed by atoms with Gasteiger partial charge in [-0.15, -0.1) is 10.2 Å². The molecule has 0 aliphatic rings. The van der Waals surface area contributed by atoms with Crippen molar-refractivity contribution in [3.63, 3.8) is 0 Å². The molecule has 28 heavy (non-hydrogen) atoms. The first-order chi connectivity index (χ1) is 13.6. The molecule has 6 heteroatoms. The fourth-order valence-corrected chi connectivity index (χ4v) is 2.75. The molecule has 2 aromatic carbocycles. The molecule has 0 aliphatic heterocycles. The summed E-state index contributed by atoms with van der Waals surface area (Å²) in [7, 11) is 1.65. The Morgan fingerprint density at radius 3 is 2.25 bits per heavy atom. The minimum atomic E-state index is -0.0291. The maximum atomic E-state index is 12.0. The van der Waals surface area contributed by atoms with Gasteiger partial charge in [-0.1, -0.05) is 42.0 Å². The molecule has 1 N–H and O–H groups in total. The Morgan fingerprint density at radius 2 is 1.57 bits per heavy atom. The van der Waals surface area contributed by atoms with E-state index in [-0.39, 0.29) is 5.91 Å². The van der Waals surface area contributed by atoms with E-state index in [0.29, 0.717) is 37.6 Å². The summed E-state index contributed by atoms with van der Waals surface area (Å²) in [6.07, 6.45) is 2.24. The highest BCUT2D eigenvalue weighted by Crippen LogP contribution is 2.13. The van der Waals surface area contributed by atoms with Gasteiger partial charge in [0.15, 0.2) is 0 Å². The second kappa shape index (κ2) is 9.69. The third kappa shape index (κ3) is 5.94. The molecule has 0 atom stereocenters. The number of benzene rings is 2.